The van der Waals surface area contributed by atoms with Crippen molar-refractivity contribution in [3.63, 3.8) is 0 Å². The van der Waals surface area contributed by atoms with Gasteiger partial charge in [-0.1, -0.05) is 29.8 Å². The molecule has 0 unspecified atom stereocenters. The molecule has 0 spiro atoms. The number of hydrogen-bond acceptors (Lipinski definition) is 3. The van der Waals surface area contributed by atoms with Crippen LogP contribution < -0.4 is 9.47 Å². The Kier molecular flexibility index (Phi) is 3.89. The predicted octanol–water partition coefficient (Wildman–Crippen LogP) is 3.24. The molecule has 0 saturated carbocycles. The van der Waals surface area contributed by atoms with Crippen molar-refractivity contribution in [2.75, 3.05) is 13.3 Å². The van der Waals surface area contributed by atoms with Gasteiger partial charge in [0.05, 0.1) is 0 Å². The molecule has 0 bridgehead atoms. The molecule has 2 heterocycles. The maximum Gasteiger partial charge on any atom is 0.231 e. The van der Waals surface area contributed by atoms with Crippen LogP contribution in [0, 0.1) is 6.92 Å². The lowest BCUT2D eigenvalue weighted by Crippen LogP contribution is -2.36. The lowest BCUT2D eigenvalue weighted by Gasteiger charge is -2.29. The standard InChI is InChI=1S/C20H21NO3/c1-14-2-4-15(5-3-14)6-7-20(22)21-9-8-16-10-18-19(24-13-23-18)11-17(16)12-21/h2-5,10-11H,6-9,12-13H2,1H3. The number of hydrogen-bond donors (Lipinski definition) is 0. The molecule has 0 aliphatic carbocycles. The lowest BCUT2D eigenvalue weighted by molar-refractivity contribution is -0.132. The van der Waals surface area contributed by atoms with Gasteiger partial charge in [0.25, 0.3) is 0 Å². The Morgan fingerprint density at radius 3 is 2.54 bits per heavy atom. The average Bonchev–Trinajstić information content (AvgIpc) is 3.05. The van der Waals surface area contributed by atoms with Gasteiger partial charge in [0.1, 0.15) is 0 Å². The first kappa shape index (κ1) is 15.1. The number of carbonyl (C=O) groups excluding carboxylic acids is 1. The van der Waals surface area contributed by atoms with Gasteiger partial charge in [-0.2, -0.15) is 0 Å². The SMILES string of the molecule is Cc1ccc(CCC(=O)N2CCc3cc4c(cc3C2)OCO4)cc1. The predicted molar refractivity (Wildman–Crippen MR) is 91.2 cm³/mol. The highest BCUT2D eigenvalue weighted by Gasteiger charge is 2.24. The monoisotopic (exact) mass is 323 g/mol. The van der Waals surface area contributed by atoms with Crippen molar-refractivity contribution in [3.05, 3.63) is 58.7 Å². The van der Waals surface area contributed by atoms with Gasteiger partial charge in [0.2, 0.25) is 12.7 Å². The fourth-order valence-electron chi connectivity index (χ4n) is 3.32. The molecule has 2 aromatic rings. The van der Waals surface area contributed by atoms with Gasteiger partial charge in [-0.15, -0.1) is 0 Å². The highest BCUT2D eigenvalue weighted by Crippen LogP contribution is 2.36. The lowest BCUT2D eigenvalue weighted by atomic mass is 9.98. The van der Waals surface area contributed by atoms with E-state index < -0.39 is 0 Å². The Morgan fingerprint density at radius 1 is 1.08 bits per heavy atom. The van der Waals surface area contributed by atoms with Gasteiger partial charge in [-0.25, -0.2) is 0 Å². The third kappa shape index (κ3) is 2.96. The second-order valence-corrected chi connectivity index (χ2v) is 6.53. The summed E-state index contributed by atoms with van der Waals surface area (Å²) in [6.45, 7) is 3.81. The van der Waals surface area contributed by atoms with Crippen LogP contribution in [-0.2, 0) is 24.2 Å². The number of rotatable bonds is 3. The van der Waals surface area contributed by atoms with Crippen molar-refractivity contribution in [2.24, 2.45) is 0 Å². The van der Waals surface area contributed by atoms with Gasteiger partial charge in [-0.3, -0.25) is 4.79 Å². The molecule has 0 saturated heterocycles. The third-order valence-electron chi connectivity index (χ3n) is 4.81. The van der Waals surface area contributed by atoms with E-state index in [0.29, 0.717) is 13.0 Å². The third-order valence-corrected chi connectivity index (χ3v) is 4.81. The molecule has 0 radical (unpaired) electrons. The highest BCUT2D eigenvalue weighted by atomic mass is 16.7. The van der Waals surface area contributed by atoms with Crippen LogP contribution in [-0.4, -0.2) is 24.1 Å². The molecule has 4 nitrogen and oxygen atoms in total. The number of carbonyl (C=O) groups is 1. The number of aryl methyl sites for hydroxylation is 2. The summed E-state index contributed by atoms with van der Waals surface area (Å²) >= 11 is 0. The minimum absolute atomic E-state index is 0.221. The van der Waals surface area contributed by atoms with Gasteiger partial charge in [0, 0.05) is 19.5 Å². The molecule has 0 fully saturated rings. The normalized spacial score (nSPS) is 15.3. The minimum Gasteiger partial charge on any atom is -0.454 e. The van der Waals surface area contributed by atoms with E-state index in [1.54, 1.807) is 0 Å². The molecule has 2 aromatic carbocycles. The molecule has 24 heavy (non-hydrogen) atoms. The molecule has 4 heteroatoms. The number of ether oxygens (including phenoxy) is 2. The molecule has 2 aliphatic heterocycles. The first-order valence-electron chi connectivity index (χ1n) is 8.44. The van der Waals surface area contributed by atoms with E-state index in [2.05, 4.69) is 37.3 Å². The molecule has 4 rings (SSSR count). The fraction of sp³-hybridized carbons (Fsp3) is 0.350. The van der Waals surface area contributed by atoms with E-state index in [0.717, 1.165) is 30.9 Å². The van der Waals surface area contributed by atoms with Crippen LogP contribution in [0.1, 0.15) is 28.7 Å². The molecule has 0 aromatic heterocycles. The summed E-state index contributed by atoms with van der Waals surface area (Å²) in [5.41, 5.74) is 4.90. The molecule has 1 amide bonds. The van der Waals surface area contributed by atoms with E-state index in [9.17, 15) is 4.79 Å². The summed E-state index contributed by atoms with van der Waals surface area (Å²) in [5.74, 6) is 1.84. The zero-order valence-electron chi connectivity index (χ0n) is 13.9. The Labute approximate surface area is 142 Å². The zero-order chi connectivity index (χ0) is 16.5. The van der Waals surface area contributed by atoms with Crippen LogP contribution in [0.15, 0.2) is 36.4 Å². The van der Waals surface area contributed by atoms with Crippen molar-refractivity contribution < 1.29 is 14.3 Å². The summed E-state index contributed by atoms with van der Waals surface area (Å²) < 4.78 is 10.9. The van der Waals surface area contributed by atoms with Gasteiger partial charge >= 0.3 is 0 Å². The number of benzene rings is 2. The second kappa shape index (κ2) is 6.19. The van der Waals surface area contributed by atoms with Crippen molar-refractivity contribution in [1.29, 1.82) is 0 Å². The fourth-order valence-corrected chi connectivity index (χ4v) is 3.32. The summed E-state index contributed by atoms with van der Waals surface area (Å²) in [7, 11) is 0. The summed E-state index contributed by atoms with van der Waals surface area (Å²) in [4.78, 5) is 14.5. The van der Waals surface area contributed by atoms with Crippen molar-refractivity contribution >= 4 is 5.91 Å². The minimum atomic E-state index is 0.221. The first-order chi connectivity index (χ1) is 11.7. The quantitative estimate of drug-likeness (QED) is 0.870. The Bertz CT molecular complexity index is 767. The van der Waals surface area contributed by atoms with Crippen molar-refractivity contribution in [1.82, 2.24) is 4.90 Å². The molecular formula is C20H21NO3. The van der Waals surface area contributed by atoms with Crippen LogP contribution >= 0.6 is 0 Å². The van der Waals surface area contributed by atoms with Crippen LogP contribution in [0.4, 0.5) is 0 Å². The van der Waals surface area contributed by atoms with Crippen LogP contribution in [0.25, 0.3) is 0 Å². The molecule has 0 N–H and O–H groups in total. The first-order valence-corrected chi connectivity index (χ1v) is 8.44. The molecule has 2 aliphatic rings. The van der Waals surface area contributed by atoms with Gasteiger partial charge in [-0.05, 0) is 48.6 Å². The summed E-state index contributed by atoms with van der Waals surface area (Å²) in [5, 5.41) is 0. The van der Waals surface area contributed by atoms with E-state index in [-0.39, 0.29) is 12.7 Å². The molecule has 124 valence electrons. The van der Waals surface area contributed by atoms with Gasteiger partial charge < -0.3 is 14.4 Å². The highest BCUT2D eigenvalue weighted by molar-refractivity contribution is 5.77. The molecule has 0 atom stereocenters. The van der Waals surface area contributed by atoms with Crippen LogP contribution in [0.3, 0.4) is 0 Å². The van der Waals surface area contributed by atoms with E-state index in [1.807, 2.05) is 11.0 Å². The van der Waals surface area contributed by atoms with E-state index in [1.165, 1.54) is 22.3 Å². The van der Waals surface area contributed by atoms with E-state index >= 15 is 0 Å². The second-order valence-electron chi connectivity index (χ2n) is 6.53. The van der Waals surface area contributed by atoms with Crippen LogP contribution in [0.2, 0.25) is 0 Å². The topological polar surface area (TPSA) is 38.8 Å². The maximum atomic E-state index is 12.6. The largest absolute Gasteiger partial charge is 0.454 e. The van der Waals surface area contributed by atoms with Crippen molar-refractivity contribution in [3.8, 4) is 11.5 Å². The average molecular weight is 323 g/mol. The van der Waals surface area contributed by atoms with Crippen molar-refractivity contribution in [2.45, 2.75) is 32.7 Å². The number of amides is 1. The molecular weight excluding hydrogens is 302 g/mol. The number of fused-ring (bicyclic) bond motifs is 2. The number of nitrogens with zero attached hydrogens (tertiary/aromatic N) is 1. The Balaban J connectivity index is 1.40. The zero-order valence-corrected chi connectivity index (χ0v) is 13.9. The van der Waals surface area contributed by atoms with E-state index in [4.69, 9.17) is 9.47 Å². The van der Waals surface area contributed by atoms with Gasteiger partial charge in [0.15, 0.2) is 11.5 Å². The summed E-state index contributed by atoms with van der Waals surface area (Å²) in [6.07, 6.45) is 2.23. The summed E-state index contributed by atoms with van der Waals surface area (Å²) in [6, 6.07) is 12.5. The Morgan fingerprint density at radius 2 is 1.79 bits per heavy atom. The van der Waals surface area contributed by atoms with Crippen LogP contribution in [0.5, 0.6) is 11.5 Å². The Hall–Kier alpha value is -2.49. The maximum absolute atomic E-state index is 12.6. The smallest absolute Gasteiger partial charge is 0.231 e.